The summed E-state index contributed by atoms with van der Waals surface area (Å²) in [5.41, 5.74) is 0. The summed E-state index contributed by atoms with van der Waals surface area (Å²) in [4.78, 5) is 0. The molecule has 0 aromatic rings. The molecule has 1 aliphatic heterocycles. The second kappa shape index (κ2) is 7.26. The van der Waals surface area contributed by atoms with Gasteiger partial charge in [-0.15, -0.1) is 0 Å². The van der Waals surface area contributed by atoms with E-state index in [2.05, 4.69) is 0 Å². The Bertz CT molecular complexity index is 114. The minimum absolute atomic E-state index is 0.355. The van der Waals surface area contributed by atoms with Crippen molar-refractivity contribution in [3.63, 3.8) is 0 Å². The maximum Gasteiger partial charge on any atom is 0.104 e. The van der Waals surface area contributed by atoms with Gasteiger partial charge in [0.05, 0.1) is 26.4 Å². The molecule has 1 saturated heterocycles. The van der Waals surface area contributed by atoms with Gasteiger partial charge in [0.25, 0.3) is 0 Å². The van der Waals surface area contributed by atoms with Gasteiger partial charge in [0.15, 0.2) is 0 Å². The van der Waals surface area contributed by atoms with Crippen molar-refractivity contribution in [3.8, 4) is 0 Å². The quantitative estimate of drug-likeness (QED) is 0.391. The molecule has 13 heavy (non-hydrogen) atoms. The molecule has 0 N–H and O–H groups in total. The second-order valence-corrected chi connectivity index (χ2v) is 2.99. The highest BCUT2D eigenvalue weighted by molar-refractivity contribution is 4.66. The molecule has 0 radical (unpaired) electrons. The Balaban J connectivity index is 1.63. The summed E-state index contributed by atoms with van der Waals surface area (Å²) in [6.07, 6.45) is 1.30. The van der Waals surface area contributed by atoms with E-state index < -0.39 is 0 Å². The monoisotopic (exact) mass is 190 g/mol. The van der Waals surface area contributed by atoms with Crippen LogP contribution >= 0.6 is 0 Å². The number of hydrogen-bond donors (Lipinski definition) is 0. The SMILES string of the molecule is COCCCOCCOCC1CO1. The maximum absolute atomic E-state index is 5.29. The molecule has 0 aliphatic carbocycles. The van der Waals surface area contributed by atoms with Gasteiger partial charge in [-0.1, -0.05) is 0 Å². The zero-order valence-electron chi connectivity index (χ0n) is 8.16. The highest BCUT2D eigenvalue weighted by atomic mass is 16.6. The van der Waals surface area contributed by atoms with Crippen LogP contribution in [0.5, 0.6) is 0 Å². The molecule has 1 atom stereocenters. The molecule has 0 saturated carbocycles. The summed E-state index contributed by atoms with van der Waals surface area (Å²) < 4.78 is 20.4. The maximum atomic E-state index is 5.29. The van der Waals surface area contributed by atoms with E-state index in [1.807, 2.05) is 0 Å². The van der Waals surface area contributed by atoms with Crippen LogP contribution in [-0.4, -0.2) is 52.9 Å². The van der Waals surface area contributed by atoms with Crippen LogP contribution in [0.3, 0.4) is 0 Å². The van der Waals surface area contributed by atoms with Gasteiger partial charge >= 0.3 is 0 Å². The zero-order valence-corrected chi connectivity index (χ0v) is 8.16. The molecule has 4 nitrogen and oxygen atoms in total. The summed E-state index contributed by atoms with van der Waals surface area (Å²) in [6.45, 7) is 4.40. The van der Waals surface area contributed by atoms with E-state index in [-0.39, 0.29) is 0 Å². The number of hydrogen-bond acceptors (Lipinski definition) is 4. The standard InChI is InChI=1S/C9H18O4/c1-10-3-2-4-11-5-6-12-7-9-8-13-9/h9H,2-8H2,1H3. The Morgan fingerprint density at radius 3 is 2.62 bits per heavy atom. The van der Waals surface area contributed by atoms with Crippen LogP contribution in [0.1, 0.15) is 6.42 Å². The van der Waals surface area contributed by atoms with E-state index in [1.54, 1.807) is 7.11 Å². The summed E-state index contributed by atoms with van der Waals surface area (Å²) in [5.74, 6) is 0. The second-order valence-electron chi connectivity index (χ2n) is 2.99. The lowest BCUT2D eigenvalue weighted by atomic mass is 10.5. The molecular weight excluding hydrogens is 172 g/mol. The van der Waals surface area contributed by atoms with Gasteiger partial charge in [-0.05, 0) is 6.42 Å². The number of rotatable bonds is 9. The van der Waals surface area contributed by atoms with Crippen molar-refractivity contribution >= 4 is 0 Å². The minimum Gasteiger partial charge on any atom is -0.385 e. The molecular formula is C9H18O4. The third-order valence-electron chi connectivity index (χ3n) is 1.72. The first kappa shape index (κ1) is 10.9. The van der Waals surface area contributed by atoms with Gasteiger partial charge < -0.3 is 18.9 Å². The van der Waals surface area contributed by atoms with Gasteiger partial charge in [-0.3, -0.25) is 0 Å². The fraction of sp³-hybridized carbons (Fsp3) is 1.00. The van der Waals surface area contributed by atoms with E-state index >= 15 is 0 Å². The van der Waals surface area contributed by atoms with E-state index in [0.29, 0.717) is 25.9 Å². The molecule has 0 spiro atoms. The Morgan fingerprint density at radius 1 is 1.15 bits per heavy atom. The molecule has 1 rings (SSSR count). The average Bonchev–Trinajstić information content (AvgIpc) is 2.93. The first-order valence-electron chi connectivity index (χ1n) is 4.69. The van der Waals surface area contributed by atoms with Crippen LogP contribution in [0, 0.1) is 0 Å². The van der Waals surface area contributed by atoms with Crippen molar-refractivity contribution < 1.29 is 18.9 Å². The normalized spacial score (nSPS) is 20.5. The topological polar surface area (TPSA) is 40.2 Å². The van der Waals surface area contributed by atoms with E-state index in [0.717, 1.165) is 26.2 Å². The zero-order chi connectivity index (χ0) is 9.36. The molecule has 1 aliphatic rings. The predicted octanol–water partition coefficient (Wildman–Crippen LogP) is 0.455. The molecule has 1 heterocycles. The Labute approximate surface area is 79.1 Å². The van der Waals surface area contributed by atoms with Gasteiger partial charge in [-0.25, -0.2) is 0 Å². The largest absolute Gasteiger partial charge is 0.385 e. The molecule has 1 fully saturated rings. The van der Waals surface area contributed by atoms with Crippen molar-refractivity contribution in [2.24, 2.45) is 0 Å². The van der Waals surface area contributed by atoms with Crippen LogP contribution in [0.15, 0.2) is 0 Å². The van der Waals surface area contributed by atoms with E-state index in [9.17, 15) is 0 Å². The lowest BCUT2D eigenvalue weighted by Gasteiger charge is -2.03. The molecule has 0 aromatic heterocycles. The fourth-order valence-electron chi connectivity index (χ4n) is 0.904. The van der Waals surface area contributed by atoms with Crippen LogP contribution in [0.4, 0.5) is 0 Å². The highest BCUT2D eigenvalue weighted by Gasteiger charge is 2.21. The first-order valence-corrected chi connectivity index (χ1v) is 4.69. The third-order valence-corrected chi connectivity index (χ3v) is 1.72. The minimum atomic E-state index is 0.355. The summed E-state index contributed by atoms with van der Waals surface area (Å²) in [7, 11) is 1.69. The average molecular weight is 190 g/mol. The van der Waals surface area contributed by atoms with Gasteiger partial charge in [0.1, 0.15) is 6.10 Å². The van der Waals surface area contributed by atoms with Crippen LogP contribution in [-0.2, 0) is 18.9 Å². The van der Waals surface area contributed by atoms with Gasteiger partial charge in [-0.2, -0.15) is 0 Å². The molecule has 0 aromatic carbocycles. The van der Waals surface area contributed by atoms with Crippen LogP contribution < -0.4 is 0 Å². The summed E-state index contributed by atoms with van der Waals surface area (Å²) >= 11 is 0. The molecule has 0 amide bonds. The van der Waals surface area contributed by atoms with Crippen molar-refractivity contribution in [2.75, 3.05) is 46.8 Å². The highest BCUT2D eigenvalue weighted by Crippen LogP contribution is 2.07. The van der Waals surface area contributed by atoms with Gasteiger partial charge in [0, 0.05) is 20.3 Å². The molecule has 0 bridgehead atoms. The Kier molecular flexibility index (Phi) is 6.10. The predicted molar refractivity (Wildman–Crippen MR) is 47.9 cm³/mol. The fourth-order valence-corrected chi connectivity index (χ4v) is 0.904. The van der Waals surface area contributed by atoms with Crippen LogP contribution in [0.25, 0.3) is 0 Å². The Morgan fingerprint density at radius 2 is 1.92 bits per heavy atom. The van der Waals surface area contributed by atoms with Crippen molar-refractivity contribution in [2.45, 2.75) is 12.5 Å². The summed E-state index contributed by atoms with van der Waals surface area (Å²) in [5, 5.41) is 0. The lowest BCUT2D eigenvalue weighted by molar-refractivity contribution is 0.0350. The van der Waals surface area contributed by atoms with Crippen LogP contribution in [0.2, 0.25) is 0 Å². The smallest absolute Gasteiger partial charge is 0.104 e. The molecule has 78 valence electrons. The van der Waals surface area contributed by atoms with Crippen molar-refractivity contribution in [3.05, 3.63) is 0 Å². The van der Waals surface area contributed by atoms with E-state index in [4.69, 9.17) is 18.9 Å². The van der Waals surface area contributed by atoms with E-state index in [1.165, 1.54) is 0 Å². The molecule has 1 unspecified atom stereocenters. The third kappa shape index (κ3) is 6.95. The number of ether oxygens (including phenoxy) is 4. The molecule has 4 heteroatoms. The van der Waals surface area contributed by atoms with Crippen molar-refractivity contribution in [1.82, 2.24) is 0 Å². The number of epoxide rings is 1. The van der Waals surface area contributed by atoms with Gasteiger partial charge in [0.2, 0.25) is 0 Å². The summed E-state index contributed by atoms with van der Waals surface area (Å²) in [6, 6.07) is 0. The Hall–Kier alpha value is -0.160. The van der Waals surface area contributed by atoms with Crippen molar-refractivity contribution in [1.29, 1.82) is 0 Å². The number of methoxy groups -OCH3 is 1. The lowest BCUT2D eigenvalue weighted by Crippen LogP contribution is -2.09. The first-order chi connectivity index (χ1) is 6.43.